The Morgan fingerprint density at radius 3 is 1.67 bits per heavy atom. The summed E-state index contributed by atoms with van der Waals surface area (Å²) in [5.74, 6) is 0. The smallest absolute Gasteiger partial charge is 1.00 e. The van der Waals surface area contributed by atoms with Crippen LogP contribution >= 0.6 is 22.6 Å². The van der Waals surface area contributed by atoms with Crippen LogP contribution in [0.5, 0.6) is 0 Å². The van der Waals surface area contributed by atoms with Crippen molar-refractivity contribution in [2.24, 2.45) is 0 Å². The van der Waals surface area contributed by atoms with Crippen LogP contribution in [0.15, 0.2) is 0 Å². The third-order valence-corrected chi connectivity index (χ3v) is 1.27. The fourth-order valence-corrected chi connectivity index (χ4v) is 0. The van der Waals surface area contributed by atoms with Crippen LogP contribution in [0.3, 0.4) is 0 Å². The Morgan fingerprint density at radius 2 is 1.67 bits per heavy atom. The molecule has 0 radical (unpaired) electrons. The van der Waals surface area contributed by atoms with Crippen LogP contribution in [0.4, 0.5) is 0 Å². The van der Waals surface area contributed by atoms with Crippen LogP contribution in [0, 0.1) is 0 Å². The standard InChI is InChI=1S/C3H7I.2Na.2H/c1-2-3-4;;;;/h2-3H2,1H3;;;;/q;2*+1;2*-1. The average molecular weight is 218 g/mol. The molecule has 0 aromatic carbocycles. The van der Waals surface area contributed by atoms with Crippen LogP contribution < -0.4 is 59.1 Å². The third-order valence-electron chi connectivity index (χ3n) is 0.189. The number of alkyl halides is 1. The molecule has 0 amide bonds. The van der Waals surface area contributed by atoms with E-state index in [2.05, 4.69) is 29.5 Å². The molecule has 0 saturated carbocycles. The van der Waals surface area contributed by atoms with E-state index in [1.807, 2.05) is 0 Å². The maximum Gasteiger partial charge on any atom is 1.00 e. The Labute approximate surface area is 101 Å². The topological polar surface area (TPSA) is 0 Å². The van der Waals surface area contributed by atoms with Gasteiger partial charge in [0.1, 0.15) is 0 Å². The van der Waals surface area contributed by atoms with Crippen molar-refractivity contribution in [1.82, 2.24) is 0 Å². The van der Waals surface area contributed by atoms with Crippen LogP contribution in [-0.4, -0.2) is 4.43 Å². The summed E-state index contributed by atoms with van der Waals surface area (Å²) in [6, 6.07) is 0. The van der Waals surface area contributed by atoms with Crippen LogP contribution in [0.25, 0.3) is 0 Å². The first-order chi connectivity index (χ1) is 1.91. The van der Waals surface area contributed by atoms with Gasteiger partial charge in [0.2, 0.25) is 0 Å². The second-order valence-electron chi connectivity index (χ2n) is 0.689. The van der Waals surface area contributed by atoms with Crippen LogP contribution in [0.1, 0.15) is 16.2 Å². The normalized spacial score (nSPS) is 5.00. The Hall–Kier alpha value is 2.73. The van der Waals surface area contributed by atoms with Crippen molar-refractivity contribution in [3.63, 3.8) is 0 Å². The van der Waals surface area contributed by atoms with Crippen LogP contribution in [0.2, 0.25) is 0 Å². The zero-order valence-corrected chi connectivity index (χ0v) is 10.9. The number of halogens is 1. The second-order valence-corrected chi connectivity index (χ2v) is 1.77. The molecule has 0 aromatic rings. The van der Waals surface area contributed by atoms with Gasteiger partial charge in [0.15, 0.2) is 0 Å². The maximum absolute atomic E-state index is 2.35. The Balaban J connectivity index is -0.00000000750. The van der Waals surface area contributed by atoms with Crippen molar-refractivity contribution in [3.8, 4) is 0 Å². The summed E-state index contributed by atoms with van der Waals surface area (Å²) < 4.78 is 1.29. The molecule has 0 fully saturated rings. The van der Waals surface area contributed by atoms with E-state index in [1.54, 1.807) is 0 Å². The van der Waals surface area contributed by atoms with E-state index in [0.717, 1.165) is 0 Å². The fraction of sp³-hybridized carbons (Fsp3) is 1.00. The molecule has 0 N–H and O–H groups in total. The van der Waals surface area contributed by atoms with Crippen molar-refractivity contribution >= 4 is 22.6 Å². The molecule has 0 spiro atoms. The molecule has 0 atom stereocenters. The molecule has 30 valence electrons. The molecule has 6 heavy (non-hydrogen) atoms. The van der Waals surface area contributed by atoms with Gasteiger partial charge in [0.25, 0.3) is 0 Å². The Kier molecular flexibility index (Phi) is 41.4. The molecular weight excluding hydrogens is 209 g/mol. The predicted molar refractivity (Wildman–Crippen MR) is 31.4 cm³/mol. The molecule has 0 saturated heterocycles. The van der Waals surface area contributed by atoms with E-state index < -0.39 is 0 Å². The van der Waals surface area contributed by atoms with Crippen molar-refractivity contribution < 1.29 is 62.0 Å². The number of hydrogen-bond acceptors (Lipinski definition) is 0. The Bertz CT molecular complexity index is 17.2. The van der Waals surface area contributed by atoms with Crippen molar-refractivity contribution in [3.05, 3.63) is 0 Å². The van der Waals surface area contributed by atoms with E-state index in [9.17, 15) is 0 Å². The third kappa shape index (κ3) is 15.9. The van der Waals surface area contributed by atoms with Gasteiger partial charge in [-0.1, -0.05) is 29.5 Å². The van der Waals surface area contributed by atoms with Crippen molar-refractivity contribution in [2.75, 3.05) is 4.43 Å². The largest absolute Gasteiger partial charge is 1.00 e. The van der Waals surface area contributed by atoms with Gasteiger partial charge < -0.3 is 2.85 Å². The van der Waals surface area contributed by atoms with Gasteiger partial charge in [-0.15, -0.1) is 0 Å². The summed E-state index contributed by atoms with van der Waals surface area (Å²) in [6.07, 6.45) is 1.31. The first-order valence-electron chi connectivity index (χ1n) is 1.47. The first kappa shape index (κ1) is 15.9. The molecule has 0 aromatic heterocycles. The zero-order chi connectivity index (χ0) is 3.41. The molecule has 0 aliphatic carbocycles. The molecule has 0 rings (SSSR count). The minimum absolute atomic E-state index is 0. The molecular formula is C3H9INa2. The SMILES string of the molecule is CCCI.[H-].[H-].[Na+].[Na+]. The molecule has 0 unspecified atom stereocenters. The van der Waals surface area contributed by atoms with E-state index >= 15 is 0 Å². The summed E-state index contributed by atoms with van der Waals surface area (Å²) in [4.78, 5) is 0. The van der Waals surface area contributed by atoms with E-state index in [1.165, 1.54) is 10.8 Å². The van der Waals surface area contributed by atoms with E-state index in [4.69, 9.17) is 0 Å². The van der Waals surface area contributed by atoms with Gasteiger partial charge in [-0.05, 0) is 10.8 Å². The van der Waals surface area contributed by atoms with Crippen LogP contribution in [-0.2, 0) is 0 Å². The summed E-state index contributed by atoms with van der Waals surface area (Å²) in [6.45, 7) is 2.17. The second kappa shape index (κ2) is 15.6. The summed E-state index contributed by atoms with van der Waals surface area (Å²) in [5.41, 5.74) is 0. The molecule has 0 nitrogen and oxygen atoms in total. The minimum atomic E-state index is 0. The van der Waals surface area contributed by atoms with Gasteiger partial charge in [-0.2, -0.15) is 0 Å². The van der Waals surface area contributed by atoms with Crippen molar-refractivity contribution in [1.29, 1.82) is 0 Å². The average Bonchev–Trinajstić information content (AvgIpc) is 1.37. The van der Waals surface area contributed by atoms with Gasteiger partial charge >= 0.3 is 59.1 Å². The fourth-order valence-electron chi connectivity index (χ4n) is 0. The quantitative estimate of drug-likeness (QED) is 0.239. The van der Waals surface area contributed by atoms with Gasteiger partial charge in [0, 0.05) is 0 Å². The molecule has 0 bridgehead atoms. The zero-order valence-electron chi connectivity index (χ0n) is 6.79. The van der Waals surface area contributed by atoms with E-state index in [-0.39, 0.29) is 62.0 Å². The maximum atomic E-state index is 2.35. The molecule has 0 heterocycles. The molecule has 3 heteroatoms. The molecule has 0 aliphatic rings. The monoisotopic (exact) mass is 218 g/mol. The number of rotatable bonds is 1. The van der Waals surface area contributed by atoms with Gasteiger partial charge in [-0.3, -0.25) is 0 Å². The Morgan fingerprint density at radius 1 is 1.50 bits per heavy atom. The first-order valence-corrected chi connectivity index (χ1v) is 3.00. The summed E-state index contributed by atoms with van der Waals surface area (Å²) in [5, 5.41) is 0. The predicted octanol–water partition coefficient (Wildman–Crippen LogP) is -3.94. The minimum Gasteiger partial charge on any atom is -1.00 e. The van der Waals surface area contributed by atoms with Gasteiger partial charge in [0.05, 0.1) is 0 Å². The number of hydrogen-bond donors (Lipinski definition) is 0. The van der Waals surface area contributed by atoms with Gasteiger partial charge in [-0.25, -0.2) is 0 Å². The summed E-state index contributed by atoms with van der Waals surface area (Å²) >= 11 is 2.35. The van der Waals surface area contributed by atoms with Crippen molar-refractivity contribution in [2.45, 2.75) is 13.3 Å². The summed E-state index contributed by atoms with van der Waals surface area (Å²) in [7, 11) is 0. The molecule has 0 aliphatic heterocycles. The van der Waals surface area contributed by atoms with E-state index in [0.29, 0.717) is 0 Å².